The number of hydrogen-bond donors (Lipinski definition) is 3. The van der Waals surface area contributed by atoms with Gasteiger partial charge in [-0.2, -0.15) is 0 Å². The number of carbonyl (C=O) groups is 4. The molecule has 3 amide bonds. The number of anilines is 2. The second-order valence-electron chi connectivity index (χ2n) is 9.15. The SMILES string of the molecule is CC(=O)c1ccc(NC(=O)CSc2cccc(NC(=O)/C(=C\c3ccccc3[N+](=O)[O-])NC(=O)c3ccccc3)c2)cc1. The van der Waals surface area contributed by atoms with Crippen molar-refractivity contribution in [1.29, 1.82) is 0 Å². The van der Waals surface area contributed by atoms with Crippen molar-refractivity contribution in [3.05, 3.63) is 136 Å². The van der Waals surface area contributed by atoms with E-state index in [1.54, 1.807) is 84.9 Å². The van der Waals surface area contributed by atoms with Crippen LogP contribution in [0, 0.1) is 10.1 Å². The van der Waals surface area contributed by atoms with Crippen LogP contribution in [0.3, 0.4) is 0 Å². The maximum absolute atomic E-state index is 13.4. The lowest BCUT2D eigenvalue weighted by Crippen LogP contribution is -2.30. The van der Waals surface area contributed by atoms with Crippen molar-refractivity contribution < 1.29 is 24.1 Å². The second-order valence-corrected chi connectivity index (χ2v) is 10.2. The van der Waals surface area contributed by atoms with Crippen LogP contribution in [0.2, 0.25) is 0 Å². The largest absolute Gasteiger partial charge is 0.325 e. The van der Waals surface area contributed by atoms with Gasteiger partial charge >= 0.3 is 0 Å². The van der Waals surface area contributed by atoms with Crippen LogP contribution in [0.25, 0.3) is 6.08 Å². The molecule has 11 heteroatoms. The van der Waals surface area contributed by atoms with Crippen LogP contribution in [0.4, 0.5) is 17.1 Å². The molecular weight excluding hydrogens is 568 g/mol. The molecular formula is C32H26N4O6S. The highest BCUT2D eigenvalue weighted by molar-refractivity contribution is 8.00. The van der Waals surface area contributed by atoms with Crippen LogP contribution >= 0.6 is 11.8 Å². The zero-order valence-corrected chi connectivity index (χ0v) is 23.7. The van der Waals surface area contributed by atoms with Gasteiger partial charge in [-0.15, -0.1) is 11.8 Å². The van der Waals surface area contributed by atoms with Gasteiger partial charge in [-0.1, -0.05) is 36.4 Å². The topological polar surface area (TPSA) is 148 Å². The number of rotatable bonds is 11. The smallest absolute Gasteiger partial charge is 0.276 e. The maximum Gasteiger partial charge on any atom is 0.276 e. The molecule has 0 fully saturated rings. The van der Waals surface area contributed by atoms with E-state index in [0.717, 1.165) is 0 Å². The van der Waals surface area contributed by atoms with Gasteiger partial charge in [0, 0.05) is 33.5 Å². The Hall–Kier alpha value is -5.55. The molecule has 0 aliphatic rings. The quantitative estimate of drug-likeness (QED) is 0.0640. The van der Waals surface area contributed by atoms with E-state index < -0.39 is 16.7 Å². The normalized spacial score (nSPS) is 10.9. The van der Waals surface area contributed by atoms with Crippen molar-refractivity contribution >= 4 is 58.4 Å². The van der Waals surface area contributed by atoms with Gasteiger partial charge in [-0.25, -0.2) is 0 Å². The molecule has 10 nitrogen and oxygen atoms in total. The molecule has 4 aromatic rings. The van der Waals surface area contributed by atoms with E-state index in [1.807, 2.05) is 0 Å². The summed E-state index contributed by atoms with van der Waals surface area (Å²) in [4.78, 5) is 61.8. The zero-order valence-electron chi connectivity index (χ0n) is 22.9. The number of nitrogens with one attached hydrogen (secondary N) is 3. The fourth-order valence-electron chi connectivity index (χ4n) is 3.87. The summed E-state index contributed by atoms with van der Waals surface area (Å²) in [5, 5.41) is 19.6. The monoisotopic (exact) mass is 594 g/mol. The molecule has 43 heavy (non-hydrogen) atoms. The molecule has 0 spiro atoms. The van der Waals surface area contributed by atoms with E-state index in [4.69, 9.17) is 0 Å². The van der Waals surface area contributed by atoms with Gasteiger partial charge in [-0.05, 0) is 73.7 Å². The van der Waals surface area contributed by atoms with Crippen LogP contribution in [0.15, 0.2) is 114 Å². The predicted octanol–water partition coefficient (Wildman–Crippen LogP) is 5.94. The number of ketones is 1. The molecule has 0 bridgehead atoms. The Bertz CT molecular complexity index is 1700. The van der Waals surface area contributed by atoms with Gasteiger partial charge in [-0.3, -0.25) is 29.3 Å². The number of hydrogen-bond acceptors (Lipinski definition) is 7. The Morgan fingerprint density at radius 3 is 2.19 bits per heavy atom. The van der Waals surface area contributed by atoms with E-state index in [-0.39, 0.29) is 34.4 Å². The van der Waals surface area contributed by atoms with Crippen molar-refractivity contribution in [2.24, 2.45) is 0 Å². The molecule has 0 aliphatic heterocycles. The molecule has 4 rings (SSSR count). The summed E-state index contributed by atoms with van der Waals surface area (Å²) in [6, 6.07) is 27.5. The van der Waals surface area contributed by atoms with Crippen LogP contribution in [0.1, 0.15) is 33.2 Å². The number of amides is 3. The summed E-state index contributed by atoms with van der Waals surface area (Å²) in [6.45, 7) is 1.47. The number of nitrogens with zero attached hydrogens (tertiary/aromatic N) is 1. The van der Waals surface area contributed by atoms with Crippen molar-refractivity contribution in [3.8, 4) is 0 Å². The van der Waals surface area contributed by atoms with E-state index >= 15 is 0 Å². The summed E-state index contributed by atoms with van der Waals surface area (Å²) in [5.74, 6) is -1.50. The Morgan fingerprint density at radius 1 is 0.791 bits per heavy atom. The number of carbonyl (C=O) groups excluding carboxylic acids is 4. The molecule has 0 saturated heterocycles. The highest BCUT2D eigenvalue weighted by Crippen LogP contribution is 2.24. The predicted molar refractivity (Wildman–Crippen MR) is 166 cm³/mol. The van der Waals surface area contributed by atoms with E-state index in [1.165, 1.54) is 43.0 Å². The molecule has 0 aliphatic carbocycles. The van der Waals surface area contributed by atoms with Crippen LogP contribution in [-0.4, -0.2) is 34.2 Å². The van der Waals surface area contributed by atoms with Gasteiger partial charge in [0.05, 0.1) is 16.2 Å². The highest BCUT2D eigenvalue weighted by atomic mass is 32.2. The second kappa shape index (κ2) is 14.4. The van der Waals surface area contributed by atoms with Crippen molar-refractivity contribution in [2.75, 3.05) is 16.4 Å². The molecule has 216 valence electrons. The molecule has 0 heterocycles. The van der Waals surface area contributed by atoms with Crippen LogP contribution < -0.4 is 16.0 Å². The summed E-state index contributed by atoms with van der Waals surface area (Å²) in [5.41, 5.74) is 1.51. The molecule has 3 N–H and O–H groups in total. The third kappa shape index (κ3) is 8.72. The average molecular weight is 595 g/mol. The van der Waals surface area contributed by atoms with Crippen molar-refractivity contribution in [3.63, 3.8) is 0 Å². The summed E-state index contributed by atoms with van der Waals surface area (Å²) < 4.78 is 0. The summed E-state index contributed by atoms with van der Waals surface area (Å²) in [6.07, 6.45) is 1.25. The third-order valence-electron chi connectivity index (χ3n) is 6.00. The van der Waals surface area contributed by atoms with E-state index in [2.05, 4.69) is 16.0 Å². The van der Waals surface area contributed by atoms with Crippen molar-refractivity contribution in [2.45, 2.75) is 11.8 Å². The van der Waals surface area contributed by atoms with Crippen LogP contribution in [-0.2, 0) is 9.59 Å². The molecule has 4 aromatic carbocycles. The summed E-state index contributed by atoms with van der Waals surface area (Å²) >= 11 is 1.24. The average Bonchev–Trinajstić information content (AvgIpc) is 3.00. The number of thioether (sulfide) groups is 1. The Balaban J connectivity index is 1.47. The minimum Gasteiger partial charge on any atom is -0.325 e. The van der Waals surface area contributed by atoms with E-state index in [9.17, 15) is 29.3 Å². The minimum atomic E-state index is -0.698. The Morgan fingerprint density at radius 2 is 1.49 bits per heavy atom. The number of benzene rings is 4. The highest BCUT2D eigenvalue weighted by Gasteiger charge is 2.18. The lowest BCUT2D eigenvalue weighted by molar-refractivity contribution is -0.385. The minimum absolute atomic E-state index is 0.0667. The maximum atomic E-state index is 13.4. The first kappa shape index (κ1) is 30.4. The molecule has 0 atom stereocenters. The lowest BCUT2D eigenvalue weighted by Gasteiger charge is -2.12. The molecule has 0 aromatic heterocycles. The van der Waals surface area contributed by atoms with Crippen molar-refractivity contribution in [1.82, 2.24) is 5.32 Å². The lowest BCUT2D eigenvalue weighted by atomic mass is 10.1. The molecule has 0 unspecified atom stereocenters. The molecule has 0 saturated carbocycles. The fraction of sp³-hybridized carbons (Fsp3) is 0.0625. The Labute approximate surface area is 251 Å². The van der Waals surface area contributed by atoms with E-state index in [0.29, 0.717) is 27.4 Å². The number of nitro benzene ring substituents is 1. The summed E-state index contributed by atoms with van der Waals surface area (Å²) in [7, 11) is 0. The van der Waals surface area contributed by atoms with Crippen LogP contribution in [0.5, 0.6) is 0 Å². The first-order valence-electron chi connectivity index (χ1n) is 13.0. The first-order valence-corrected chi connectivity index (χ1v) is 13.9. The number of nitro groups is 1. The Kier molecular flexibility index (Phi) is 10.2. The first-order chi connectivity index (χ1) is 20.7. The van der Waals surface area contributed by atoms with Gasteiger partial charge in [0.1, 0.15) is 5.70 Å². The molecule has 0 radical (unpaired) electrons. The van der Waals surface area contributed by atoms with Gasteiger partial charge in [0.25, 0.3) is 17.5 Å². The fourth-order valence-corrected chi connectivity index (χ4v) is 4.63. The van der Waals surface area contributed by atoms with Gasteiger partial charge in [0.2, 0.25) is 5.91 Å². The van der Waals surface area contributed by atoms with Gasteiger partial charge < -0.3 is 16.0 Å². The standard InChI is InChI=1S/C32H26N4O6S/c1-21(37)22-14-16-25(17-15-22)33-30(38)20-43-27-12-7-11-26(19-27)34-32(40)28(35-31(39)23-8-3-2-4-9-23)18-24-10-5-6-13-29(24)36(41)42/h2-19H,20H2,1H3,(H,33,38)(H,34,40)(H,35,39)/b28-18+. The zero-order chi connectivity index (χ0) is 30.8. The third-order valence-corrected chi connectivity index (χ3v) is 6.99. The number of Topliss-reactive ketones (excluding diaryl/α,β-unsaturated/α-hetero) is 1. The number of para-hydroxylation sites is 1. The van der Waals surface area contributed by atoms with Gasteiger partial charge in [0.15, 0.2) is 5.78 Å².